The minimum absolute atomic E-state index is 0.0579. The van der Waals surface area contributed by atoms with Gasteiger partial charge in [0.25, 0.3) is 0 Å². The van der Waals surface area contributed by atoms with Gasteiger partial charge < -0.3 is 21.0 Å². The summed E-state index contributed by atoms with van der Waals surface area (Å²) in [5.74, 6) is 6.27. The fraction of sp³-hybridized carbons (Fsp3) is 0.333. The van der Waals surface area contributed by atoms with E-state index in [0.717, 1.165) is 36.1 Å². The van der Waals surface area contributed by atoms with E-state index in [2.05, 4.69) is 15.5 Å². The molecule has 11 heteroatoms. The second-order valence-electron chi connectivity index (χ2n) is 7.25. The molecule has 32 heavy (non-hydrogen) atoms. The van der Waals surface area contributed by atoms with E-state index >= 15 is 0 Å². The Morgan fingerprint density at radius 3 is 2.84 bits per heavy atom. The number of thiophene rings is 1. The Balaban J connectivity index is 1.39. The van der Waals surface area contributed by atoms with Crippen LogP contribution in [0.25, 0.3) is 11.4 Å². The number of aromatic hydroxyl groups is 1. The fourth-order valence-corrected chi connectivity index (χ4v) is 5.71. The van der Waals surface area contributed by atoms with Crippen molar-refractivity contribution in [2.24, 2.45) is 0 Å². The number of hydrogen-bond donors (Lipinski definition) is 3. The number of phenols is 1. The van der Waals surface area contributed by atoms with Crippen LogP contribution in [0.4, 0.5) is 5.00 Å². The Morgan fingerprint density at radius 2 is 2.06 bits per heavy atom. The first kappa shape index (κ1) is 22.2. The number of nitrogens with one attached hydrogen (secondary N) is 1. The summed E-state index contributed by atoms with van der Waals surface area (Å²) in [7, 11) is 1.35. The third-order valence-electron chi connectivity index (χ3n) is 5.18. The molecule has 1 aliphatic carbocycles. The molecule has 2 aromatic heterocycles. The summed E-state index contributed by atoms with van der Waals surface area (Å²) in [6.07, 6.45) is 4.06. The fourth-order valence-electron chi connectivity index (χ4n) is 3.62. The summed E-state index contributed by atoms with van der Waals surface area (Å²) < 4.78 is 6.24. The van der Waals surface area contributed by atoms with E-state index in [-0.39, 0.29) is 18.1 Å². The lowest BCUT2D eigenvalue weighted by molar-refractivity contribution is -0.115. The van der Waals surface area contributed by atoms with Gasteiger partial charge in [-0.25, -0.2) is 9.47 Å². The highest BCUT2D eigenvalue weighted by Crippen LogP contribution is 2.38. The maximum atomic E-state index is 12.6. The number of amides is 1. The van der Waals surface area contributed by atoms with Crippen molar-refractivity contribution in [1.29, 1.82) is 0 Å². The summed E-state index contributed by atoms with van der Waals surface area (Å²) in [6, 6.07) is 6.72. The van der Waals surface area contributed by atoms with Gasteiger partial charge in [0, 0.05) is 17.1 Å². The van der Waals surface area contributed by atoms with Crippen molar-refractivity contribution in [3.05, 3.63) is 40.3 Å². The van der Waals surface area contributed by atoms with Crippen molar-refractivity contribution in [2.75, 3.05) is 24.0 Å². The molecule has 0 atom stereocenters. The molecule has 1 amide bonds. The number of thioether (sulfide) groups is 1. The summed E-state index contributed by atoms with van der Waals surface area (Å²) in [6.45, 7) is 0. The number of carbonyl (C=O) groups excluding carboxylic acids is 2. The van der Waals surface area contributed by atoms with Crippen LogP contribution in [0.5, 0.6) is 5.75 Å². The van der Waals surface area contributed by atoms with Gasteiger partial charge in [-0.1, -0.05) is 23.9 Å². The zero-order valence-corrected chi connectivity index (χ0v) is 19.1. The van der Waals surface area contributed by atoms with Crippen LogP contribution >= 0.6 is 23.1 Å². The Kier molecular flexibility index (Phi) is 6.66. The molecule has 0 aliphatic heterocycles. The van der Waals surface area contributed by atoms with Crippen LogP contribution in [0.1, 0.15) is 40.1 Å². The van der Waals surface area contributed by atoms with Crippen LogP contribution in [-0.2, 0) is 22.4 Å². The number of nitrogens with zero attached hydrogens (tertiary/aromatic N) is 3. The average molecular weight is 474 g/mol. The number of methoxy groups -OCH3 is 1. The molecule has 3 aromatic rings. The minimum Gasteiger partial charge on any atom is -0.507 e. The number of aryl methyl sites for hydroxylation is 1. The first-order valence-electron chi connectivity index (χ1n) is 10.1. The van der Waals surface area contributed by atoms with E-state index in [1.165, 1.54) is 34.9 Å². The molecule has 1 aliphatic rings. The number of para-hydroxylation sites is 1. The molecule has 168 valence electrons. The average Bonchev–Trinajstić information content (AvgIpc) is 3.33. The number of ether oxygens (including phenoxy) is 1. The lowest BCUT2D eigenvalue weighted by Gasteiger charge is -2.11. The van der Waals surface area contributed by atoms with Crippen LogP contribution in [0, 0.1) is 0 Å². The van der Waals surface area contributed by atoms with Crippen molar-refractivity contribution in [3.8, 4) is 17.1 Å². The van der Waals surface area contributed by atoms with Crippen LogP contribution in [0.15, 0.2) is 29.4 Å². The number of nitrogens with two attached hydrogens (primary N) is 1. The number of benzene rings is 1. The predicted octanol–water partition coefficient (Wildman–Crippen LogP) is 3.21. The number of carbonyl (C=O) groups is 2. The summed E-state index contributed by atoms with van der Waals surface area (Å²) in [5, 5.41) is 22.0. The molecule has 2 heterocycles. The molecule has 0 spiro atoms. The third kappa shape index (κ3) is 4.44. The third-order valence-corrected chi connectivity index (χ3v) is 7.34. The Labute approximate surface area is 193 Å². The maximum absolute atomic E-state index is 12.6. The number of rotatable bonds is 7. The second-order valence-corrected chi connectivity index (χ2v) is 9.41. The zero-order valence-electron chi connectivity index (χ0n) is 17.5. The van der Waals surface area contributed by atoms with Gasteiger partial charge in [0.05, 0.1) is 18.2 Å². The van der Waals surface area contributed by atoms with E-state index in [0.29, 0.717) is 32.9 Å². The van der Waals surface area contributed by atoms with Gasteiger partial charge in [0.2, 0.25) is 11.1 Å². The van der Waals surface area contributed by atoms with Gasteiger partial charge in [-0.2, -0.15) is 0 Å². The normalized spacial score (nSPS) is 12.9. The molecule has 0 saturated carbocycles. The summed E-state index contributed by atoms with van der Waals surface area (Å²) >= 11 is 2.74. The van der Waals surface area contributed by atoms with Crippen molar-refractivity contribution in [1.82, 2.24) is 14.9 Å². The van der Waals surface area contributed by atoms with Crippen molar-refractivity contribution in [2.45, 2.75) is 37.3 Å². The molecule has 0 bridgehead atoms. The van der Waals surface area contributed by atoms with Crippen LogP contribution < -0.4 is 11.2 Å². The zero-order chi connectivity index (χ0) is 22.7. The van der Waals surface area contributed by atoms with E-state index < -0.39 is 5.97 Å². The van der Waals surface area contributed by atoms with E-state index in [1.807, 2.05) is 0 Å². The Bertz CT molecular complexity index is 1160. The van der Waals surface area contributed by atoms with E-state index in [9.17, 15) is 14.7 Å². The van der Waals surface area contributed by atoms with E-state index in [1.54, 1.807) is 24.3 Å². The number of fused-ring (bicyclic) bond motifs is 1. The first-order valence-corrected chi connectivity index (χ1v) is 11.9. The number of hydrogen-bond acceptors (Lipinski definition) is 9. The quantitative estimate of drug-likeness (QED) is 0.271. The summed E-state index contributed by atoms with van der Waals surface area (Å²) in [5.41, 5.74) is 1.97. The number of aromatic nitrogens is 3. The molecule has 1 aromatic carbocycles. The van der Waals surface area contributed by atoms with Gasteiger partial charge in [-0.15, -0.1) is 21.5 Å². The number of phenolic OH excluding ortho intramolecular Hbond substituents is 1. The standard InChI is InChI=1S/C21H23N5O4S2/c1-30-20(29)17-13-7-3-5-9-15(13)32-19(17)23-16(28)10-11-31-21-25-24-18(26(21)22)12-6-2-4-8-14(12)27/h2,4,6,8,27H,3,5,7,9-11,22H2,1H3,(H,23,28). The largest absolute Gasteiger partial charge is 0.507 e. The van der Waals surface area contributed by atoms with Crippen LogP contribution in [-0.4, -0.2) is 44.7 Å². The van der Waals surface area contributed by atoms with Gasteiger partial charge >= 0.3 is 5.97 Å². The molecule has 0 radical (unpaired) electrons. The van der Waals surface area contributed by atoms with Crippen molar-refractivity contribution < 1.29 is 19.4 Å². The molecule has 9 nitrogen and oxygen atoms in total. The molecule has 0 unspecified atom stereocenters. The first-order chi connectivity index (χ1) is 15.5. The SMILES string of the molecule is COC(=O)c1c(NC(=O)CCSc2nnc(-c3ccccc3O)n2N)sc2c1CCCC2. The van der Waals surface area contributed by atoms with Gasteiger partial charge in [0.1, 0.15) is 10.8 Å². The number of esters is 1. The van der Waals surface area contributed by atoms with Gasteiger partial charge in [-0.05, 0) is 43.4 Å². The highest BCUT2D eigenvalue weighted by molar-refractivity contribution is 7.99. The molecule has 0 fully saturated rings. The topological polar surface area (TPSA) is 132 Å². The smallest absolute Gasteiger partial charge is 0.341 e. The Morgan fingerprint density at radius 1 is 1.28 bits per heavy atom. The molecular weight excluding hydrogens is 450 g/mol. The number of anilines is 1. The monoisotopic (exact) mass is 473 g/mol. The lowest BCUT2D eigenvalue weighted by atomic mass is 9.95. The molecular formula is C21H23N5O4S2. The second kappa shape index (κ2) is 9.61. The highest BCUT2D eigenvalue weighted by Gasteiger charge is 2.27. The Hall–Kier alpha value is -3.05. The summed E-state index contributed by atoms with van der Waals surface area (Å²) in [4.78, 5) is 26.0. The molecule has 4 rings (SSSR count). The van der Waals surface area contributed by atoms with Crippen LogP contribution in [0.2, 0.25) is 0 Å². The molecule has 0 saturated heterocycles. The van der Waals surface area contributed by atoms with Crippen molar-refractivity contribution in [3.63, 3.8) is 0 Å². The highest BCUT2D eigenvalue weighted by atomic mass is 32.2. The predicted molar refractivity (Wildman–Crippen MR) is 124 cm³/mol. The minimum atomic E-state index is -0.415. The molecule has 4 N–H and O–H groups in total. The number of nitrogen functional groups attached to an aromatic ring is 1. The van der Waals surface area contributed by atoms with Crippen molar-refractivity contribution >= 4 is 40.0 Å². The van der Waals surface area contributed by atoms with Gasteiger partial charge in [0.15, 0.2) is 5.82 Å². The van der Waals surface area contributed by atoms with Crippen LogP contribution in [0.3, 0.4) is 0 Å². The lowest BCUT2D eigenvalue weighted by Crippen LogP contribution is -2.16. The maximum Gasteiger partial charge on any atom is 0.341 e. The van der Waals surface area contributed by atoms with Gasteiger partial charge in [-0.3, -0.25) is 4.79 Å². The van der Waals surface area contributed by atoms with E-state index in [4.69, 9.17) is 10.6 Å².